The molecule has 8 nitrogen and oxygen atoms in total. The zero-order valence-corrected chi connectivity index (χ0v) is 14.9. The van der Waals surface area contributed by atoms with E-state index in [9.17, 15) is 0 Å². The van der Waals surface area contributed by atoms with Gasteiger partial charge in [0, 0.05) is 38.7 Å². The third-order valence-corrected chi connectivity index (χ3v) is 4.65. The molecule has 1 saturated heterocycles. The summed E-state index contributed by atoms with van der Waals surface area (Å²) in [5.74, 6) is 1.02. The van der Waals surface area contributed by atoms with Crippen LogP contribution >= 0.6 is 0 Å². The van der Waals surface area contributed by atoms with Crippen LogP contribution in [0.1, 0.15) is 20.3 Å². The van der Waals surface area contributed by atoms with Gasteiger partial charge in [-0.1, -0.05) is 0 Å². The standard InChI is InChI=1S/C20H22N8/c1-26(2)18-7-8-27(12-18)16-3-5-17(6-4-16)28-13-20(24-14-28)25-19-11-22-15(9-21)10-23-19/h3-6,10-11,13-14,18H,7-8,12H2,1-2H3,(H,23,25)/i1D3,2D3. The molecule has 1 N–H and O–H groups in total. The van der Waals surface area contributed by atoms with Crippen LogP contribution in [0.3, 0.4) is 0 Å². The minimum atomic E-state index is -2.69. The predicted octanol–water partition coefficient (Wildman–Crippen LogP) is 2.42. The molecular formula is C20H22N8. The van der Waals surface area contributed by atoms with Crippen molar-refractivity contribution in [1.29, 1.82) is 5.26 Å². The summed E-state index contributed by atoms with van der Waals surface area (Å²) in [6.45, 7) is -4.49. The van der Waals surface area contributed by atoms with Crippen molar-refractivity contribution in [3.8, 4) is 11.8 Å². The van der Waals surface area contributed by atoms with Gasteiger partial charge in [0.15, 0.2) is 5.69 Å². The maximum atomic E-state index is 8.80. The van der Waals surface area contributed by atoms with E-state index in [-0.39, 0.29) is 5.69 Å². The fourth-order valence-corrected chi connectivity index (χ4v) is 3.13. The minimum absolute atomic E-state index is 0.227. The van der Waals surface area contributed by atoms with Gasteiger partial charge < -0.3 is 19.7 Å². The number of rotatable bonds is 5. The molecule has 3 heterocycles. The molecule has 1 unspecified atom stereocenters. The van der Waals surface area contributed by atoms with Gasteiger partial charge in [-0.2, -0.15) is 5.26 Å². The number of likely N-dealkylation sites (N-methyl/N-ethyl adjacent to an activating group) is 1. The summed E-state index contributed by atoms with van der Waals surface area (Å²) in [5.41, 5.74) is 1.97. The average molecular weight is 380 g/mol. The molecule has 28 heavy (non-hydrogen) atoms. The summed E-state index contributed by atoms with van der Waals surface area (Å²) in [6.07, 6.45) is 6.70. The van der Waals surface area contributed by atoms with Crippen molar-refractivity contribution < 1.29 is 8.22 Å². The van der Waals surface area contributed by atoms with Crippen molar-refractivity contribution in [3.05, 3.63) is 54.9 Å². The number of benzene rings is 1. The van der Waals surface area contributed by atoms with Crippen LogP contribution in [0.4, 0.5) is 17.3 Å². The van der Waals surface area contributed by atoms with Crippen LogP contribution in [0.5, 0.6) is 0 Å². The number of anilines is 3. The number of aromatic nitrogens is 4. The van der Waals surface area contributed by atoms with Gasteiger partial charge in [-0.15, -0.1) is 0 Å². The molecule has 1 aliphatic rings. The van der Waals surface area contributed by atoms with Crippen LogP contribution in [-0.2, 0) is 0 Å². The van der Waals surface area contributed by atoms with Gasteiger partial charge >= 0.3 is 0 Å². The molecule has 0 aliphatic carbocycles. The number of nitriles is 1. The zero-order chi connectivity index (χ0) is 24.5. The lowest BCUT2D eigenvalue weighted by Gasteiger charge is -2.22. The first-order valence-electron chi connectivity index (χ1n) is 11.7. The molecule has 1 atom stereocenters. The van der Waals surface area contributed by atoms with E-state index in [4.69, 9.17) is 13.5 Å². The Balaban J connectivity index is 1.42. The van der Waals surface area contributed by atoms with Gasteiger partial charge in [-0.25, -0.2) is 15.0 Å². The summed E-state index contributed by atoms with van der Waals surface area (Å²) in [4.78, 5) is 15.0. The van der Waals surface area contributed by atoms with Crippen molar-refractivity contribution in [3.63, 3.8) is 0 Å². The van der Waals surface area contributed by atoms with E-state index in [1.165, 1.54) is 12.4 Å². The maximum absolute atomic E-state index is 8.80. The smallest absolute Gasteiger partial charge is 0.158 e. The highest BCUT2D eigenvalue weighted by molar-refractivity contribution is 5.54. The second kappa shape index (κ2) is 7.66. The Hall–Kier alpha value is -3.44. The van der Waals surface area contributed by atoms with E-state index in [2.05, 4.69) is 20.3 Å². The van der Waals surface area contributed by atoms with E-state index < -0.39 is 20.0 Å². The summed E-state index contributed by atoms with van der Waals surface area (Å²) < 4.78 is 47.7. The lowest BCUT2D eigenvalue weighted by atomic mass is 10.2. The van der Waals surface area contributed by atoms with Gasteiger partial charge in [0.05, 0.1) is 18.6 Å². The number of nitrogens with zero attached hydrogens (tertiary/aromatic N) is 7. The lowest BCUT2D eigenvalue weighted by molar-refractivity contribution is 0.315. The van der Waals surface area contributed by atoms with Crippen LogP contribution in [0.25, 0.3) is 5.69 Å². The molecule has 1 aliphatic heterocycles. The Morgan fingerprint density at radius 1 is 1.14 bits per heavy atom. The summed E-state index contributed by atoms with van der Waals surface area (Å²) in [5, 5.41) is 11.8. The molecule has 3 aromatic rings. The van der Waals surface area contributed by atoms with Crippen LogP contribution in [0.2, 0.25) is 0 Å². The molecule has 0 spiro atoms. The number of imidazole rings is 1. The lowest BCUT2D eigenvalue weighted by Crippen LogP contribution is -2.31. The van der Waals surface area contributed by atoms with E-state index in [1.807, 2.05) is 39.8 Å². The van der Waals surface area contributed by atoms with Crippen molar-refractivity contribution in [2.75, 3.05) is 37.3 Å². The van der Waals surface area contributed by atoms with E-state index >= 15 is 0 Å². The Kier molecular flexibility index (Phi) is 3.31. The molecule has 4 rings (SSSR count). The maximum Gasteiger partial charge on any atom is 0.158 e. The molecule has 1 aromatic carbocycles. The zero-order valence-electron chi connectivity index (χ0n) is 20.9. The quantitative estimate of drug-likeness (QED) is 0.727. The highest BCUT2D eigenvalue weighted by Crippen LogP contribution is 2.24. The molecule has 8 heteroatoms. The molecule has 0 radical (unpaired) electrons. The van der Waals surface area contributed by atoms with Gasteiger partial charge in [0.2, 0.25) is 0 Å². The second-order valence-corrected chi connectivity index (χ2v) is 6.46. The SMILES string of the molecule is [2H]C([2H])([2H])N(C1CCN(c2ccc(-n3cnc(Nc4cnc(C#N)cn4)c3)cc2)C1)C([2H])([2H])[2H]. The summed E-state index contributed by atoms with van der Waals surface area (Å²) in [6, 6.07) is 8.95. The van der Waals surface area contributed by atoms with Gasteiger partial charge in [-0.05, 0) is 44.6 Å². The van der Waals surface area contributed by atoms with Crippen LogP contribution in [-0.4, -0.2) is 57.5 Å². The first-order valence-corrected chi connectivity index (χ1v) is 8.72. The normalized spacial score (nSPS) is 20.4. The number of nitrogens with one attached hydrogen (secondary N) is 1. The van der Waals surface area contributed by atoms with Crippen molar-refractivity contribution in [2.45, 2.75) is 12.5 Å². The topological polar surface area (TPSA) is 85.9 Å². The highest BCUT2D eigenvalue weighted by atomic mass is 15.2. The monoisotopic (exact) mass is 380 g/mol. The highest BCUT2D eigenvalue weighted by Gasteiger charge is 2.23. The molecule has 2 aromatic heterocycles. The predicted molar refractivity (Wildman–Crippen MR) is 108 cm³/mol. The molecule has 0 bridgehead atoms. The molecule has 1 fully saturated rings. The average Bonchev–Trinajstić information content (AvgIpc) is 3.42. The van der Waals surface area contributed by atoms with E-state index in [0.29, 0.717) is 36.0 Å². The largest absolute Gasteiger partial charge is 0.370 e. The van der Waals surface area contributed by atoms with Crippen molar-refractivity contribution in [2.24, 2.45) is 0 Å². The Morgan fingerprint density at radius 3 is 2.68 bits per heavy atom. The Morgan fingerprint density at radius 2 is 1.96 bits per heavy atom. The molecule has 142 valence electrons. The Labute approximate surface area is 172 Å². The number of hydrogen-bond acceptors (Lipinski definition) is 7. The number of hydrogen-bond donors (Lipinski definition) is 1. The third-order valence-electron chi connectivity index (χ3n) is 4.65. The molecule has 0 saturated carbocycles. The van der Waals surface area contributed by atoms with Crippen LogP contribution < -0.4 is 10.2 Å². The second-order valence-electron chi connectivity index (χ2n) is 6.46. The van der Waals surface area contributed by atoms with Gasteiger partial charge in [-0.3, -0.25) is 0 Å². The fourth-order valence-electron chi connectivity index (χ4n) is 3.13. The Bertz CT molecular complexity index is 1150. The fraction of sp³-hybridized carbons (Fsp3) is 0.300. The van der Waals surface area contributed by atoms with Gasteiger partial charge in [0.1, 0.15) is 24.0 Å². The van der Waals surface area contributed by atoms with Gasteiger partial charge in [0.25, 0.3) is 0 Å². The van der Waals surface area contributed by atoms with Crippen LogP contribution in [0, 0.1) is 11.3 Å². The summed E-state index contributed by atoms with van der Waals surface area (Å²) >= 11 is 0. The van der Waals surface area contributed by atoms with E-state index in [0.717, 1.165) is 11.4 Å². The summed E-state index contributed by atoms with van der Waals surface area (Å²) in [7, 11) is 0. The van der Waals surface area contributed by atoms with Crippen LogP contribution in [0.15, 0.2) is 49.2 Å². The third kappa shape index (κ3) is 3.80. The first-order chi connectivity index (χ1) is 16.0. The molecule has 0 amide bonds. The molecular weight excluding hydrogens is 352 g/mol. The van der Waals surface area contributed by atoms with Crippen molar-refractivity contribution >= 4 is 17.3 Å². The van der Waals surface area contributed by atoms with Crippen molar-refractivity contribution in [1.82, 2.24) is 24.4 Å². The minimum Gasteiger partial charge on any atom is -0.370 e. The van der Waals surface area contributed by atoms with E-state index in [1.54, 1.807) is 12.5 Å². The first kappa shape index (κ1) is 12.1.